The third kappa shape index (κ3) is 4.34. The highest BCUT2D eigenvalue weighted by atomic mass is 19.1. The van der Waals surface area contributed by atoms with Crippen molar-refractivity contribution < 1.29 is 13.9 Å². The first-order valence-corrected chi connectivity index (χ1v) is 10.1. The number of hydrogen-bond donors (Lipinski definition) is 2. The van der Waals surface area contributed by atoms with Crippen molar-refractivity contribution in [1.82, 2.24) is 15.6 Å². The third-order valence-electron chi connectivity index (χ3n) is 5.94. The number of rotatable bonds is 7. The molecule has 29 heavy (non-hydrogen) atoms. The lowest BCUT2D eigenvalue weighted by Crippen LogP contribution is -2.39. The Morgan fingerprint density at radius 3 is 2.86 bits per heavy atom. The van der Waals surface area contributed by atoms with Crippen LogP contribution < -0.4 is 20.3 Å². The summed E-state index contributed by atoms with van der Waals surface area (Å²) in [7, 11) is 3.55. The van der Waals surface area contributed by atoms with Crippen LogP contribution in [-0.4, -0.2) is 49.7 Å². The van der Waals surface area contributed by atoms with E-state index in [9.17, 15) is 9.18 Å². The molecule has 6 nitrogen and oxygen atoms in total. The number of nitrogens with one attached hydrogen (secondary N) is 2. The second kappa shape index (κ2) is 7.99. The molecule has 7 heteroatoms. The fourth-order valence-electron chi connectivity index (χ4n) is 4.02. The quantitative estimate of drug-likeness (QED) is 0.750. The molecule has 1 aliphatic heterocycles. The summed E-state index contributed by atoms with van der Waals surface area (Å²) >= 11 is 0. The van der Waals surface area contributed by atoms with E-state index in [2.05, 4.69) is 20.5 Å². The first-order chi connectivity index (χ1) is 14.0. The largest absolute Gasteiger partial charge is 0.496 e. The molecule has 1 atom stereocenters. The van der Waals surface area contributed by atoms with Crippen molar-refractivity contribution in [2.75, 3.05) is 32.1 Å². The maximum atomic E-state index is 13.7. The molecule has 2 heterocycles. The Morgan fingerprint density at radius 2 is 2.17 bits per heavy atom. The maximum Gasteiger partial charge on any atom is 0.270 e. The second-order valence-electron chi connectivity index (χ2n) is 7.99. The van der Waals surface area contributed by atoms with Gasteiger partial charge in [-0.25, -0.2) is 4.39 Å². The number of hydrogen-bond acceptors (Lipinski definition) is 5. The molecule has 1 aliphatic carbocycles. The number of methoxy groups -OCH3 is 1. The Hall–Kier alpha value is -2.67. The molecule has 1 saturated heterocycles. The van der Waals surface area contributed by atoms with E-state index >= 15 is 0 Å². The van der Waals surface area contributed by atoms with Crippen LogP contribution in [0.2, 0.25) is 0 Å². The monoisotopic (exact) mass is 398 g/mol. The fourth-order valence-corrected chi connectivity index (χ4v) is 4.02. The van der Waals surface area contributed by atoms with Gasteiger partial charge in [-0.1, -0.05) is 0 Å². The molecule has 1 aromatic heterocycles. The molecular formula is C22H27FN4O2. The zero-order valence-electron chi connectivity index (χ0n) is 16.9. The van der Waals surface area contributed by atoms with Gasteiger partial charge in [-0.05, 0) is 68.6 Å². The van der Waals surface area contributed by atoms with Crippen LogP contribution in [0.4, 0.5) is 10.1 Å². The average Bonchev–Trinajstić information content (AvgIpc) is 3.29. The van der Waals surface area contributed by atoms with E-state index in [4.69, 9.17) is 4.74 Å². The van der Waals surface area contributed by atoms with Crippen molar-refractivity contribution in [3.05, 3.63) is 53.6 Å². The van der Waals surface area contributed by atoms with Crippen molar-refractivity contribution in [1.29, 1.82) is 0 Å². The molecule has 2 aliphatic rings. The maximum absolute atomic E-state index is 13.7. The number of amides is 1. The van der Waals surface area contributed by atoms with Gasteiger partial charge in [0.1, 0.15) is 17.3 Å². The number of nitrogens with zero attached hydrogens (tertiary/aromatic N) is 2. The Labute approximate surface area is 170 Å². The standard InChI is InChI=1S/C22H27FN4O2/c1-24-17-6-10-27(14-17)18-5-9-25-19(12-18)21(28)26-22(7-8-22)13-15-11-16(23)3-4-20(15)29-2/h3-5,9,11-12,17,24H,6-8,10,13-14H2,1-2H3,(H,26,28)/t17-/m0/s1. The van der Waals surface area contributed by atoms with Gasteiger partial charge >= 0.3 is 0 Å². The number of benzene rings is 1. The highest BCUT2D eigenvalue weighted by Gasteiger charge is 2.45. The van der Waals surface area contributed by atoms with E-state index in [0.29, 0.717) is 23.9 Å². The van der Waals surface area contributed by atoms with Crippen LogP contribution in [0.5, 0.6) is 5.75 Å². The highest BCUT2D eigenvalue weighted by molar-refractivity contribution is 5.94. The van der Waals surface area contributed by atoms with Crippen molar-refractivity contribution in [2.24, 2.45) is 0 Å². The minimum Gasteiger partial charge on any atom is -0.496 e. The predicted molar refractivity (Wildman–Crippen MR) is 110 cm³/mol. The van der Waals surface area contributed by atoms with Gasteiger partial charge in [-0.15, -0.1) is 0 Å². The molecule has 0 bridgehead atoms. The highest BCUT2D eigenvalue weighted by Crippen LogP contribution is 2.40. The lowest BCUT2D eigenvalue weighted by atomic mass is 10.0. The van der Waals surface area contributed by atoms with Gasteiger partial charge in [0, 0.05) is 36.6 Å². The minimum absolute atomic E-state index is 0.191. The number of halogens is 1. The molecule has 2 aromatic rings. The molecule has 1 aromatic carbocycles. The number of likely N-dealkylation sites (N-methyl/N-ethyl adjacent to an activating group) is 1. The summed E-state index contributed by atoms with van der Waals surface area (Å²) in [5, 5.41) is 6.43. The summed E-state index contributed by atoms with van der Waals surface area (Å²) in [5.74, 6) is 0.145. The summed E-state index contributed by atoms with van der Waals surface area (Å²) < 4.78 is 19.0. The van der Waals surface area contributed by atoms with E-state index < -0.39 is 0 Å². The van der Waals surface area contributed by atoms with Crippen molar-refractivity contribution in [3.63, 3.8) is 0 Å². The van der Waals surface area contributed by atoms with Crippen LogP contribution in [-0.2, 0) is 6.42 Å². The van der Waals surface area contributed by atoms with Crippen molar-refractivity contribution in [3.8, 4) is 5.75 Å². The number of pyridine rings is 1. The summed E-state index contributed by atoms with van der Waals surface area (Å²) in [5.41, 5.74) is 1.83. The normalized spacial score (nSPS) is 19.8. The first-order valence-electron chi connectivity index (χ1n) is 10.1. The van der Waals surface area contributed by atoms with Gasteiger partial charge in [-0.3, -0.25) is 9.78 Å². The summed E-state index contributed by atoms with van der Waals surface area (Å²) in [6, 6.07) is 8.76. The molecule has 1 amide bonds. The minimum atomic E-state index is -0.360. The number of aromatic nitrogens is 1. The Bertz CT molecular complexity index is 900. The van der Waals surface area contributed by atoms with Gasteiger partial charge < -0.3 is 20.3 Å². The number of ether oxygens (including phenoxy) is 1. The fraction of sp³-hybridized carbons (Fsp3) is 0.455. The number of anilines is 1. The third-order valence-corrected chi connectivity index (χ3v) is 5.94. The molecule has 2 N–H and O–H groups in total. The van der Waals surface area contributed by atoms with Crippen LogP contribution in [0.3, 0.4) is 0 Å². The number of carbonyl (C=O) groups excluding carboxylic acids is 1. The Kier molecular flexibility index (Phi) is 5.41. The molecular weight excluding hydrogens is 371 g/mol. The number of carbonyl (C=O) groups is 1. The lowest BCUT2D eigenvalue weighted by molar-refractivity contribution is 0.0926. The summed E-state index contributed by atoms with van der Waals surface area (Å²) in [6.45, 7) is 1.88. The van der Waals surface area contributed by atoms with Crippen LogP contribution in [0.25, 0.3) is 0 Å². The van der Waals surface area contributed by atoms with E-state index in [0.717, 1.165) is 43.6 Å². The molecule has 2 fully saturated rings. The van der Waals surface area contributed by atoms with E-state index in [1.807, 2.05) is 19.2 Å². The predicted octanol–water partition coefficient (Wildman–Crippen LogP) is 2.53. The van der Waals surface area contributed by atoms with Crippen LogP contribution >= 0.6 is 0 Å². The molecule has 0 spiro atoms. The van der Waals surface area contributed by atoms with Crippen molar-refractivity contribution >= 4 is 11.6 Å². The Morgan fingerprint density at radius 1 is 1.34 bits per heavy atom. The summed E-state index contributed by atoms with van der Waals surface area (Å²) in [4.78, 5) is 19.4. The molecule has 0 unspecified atom stereocenters. The molecule has 1 saturated carbocycles. The van der Waals surface area contributed by atoms with Gasteiger partial charge in [0.25, 0.3) is 5.91 Å². The second-order valence-corrected chi connectivity index (χ2v) is 7.99. The lowest BCUT2D eigenvalue weighted by Gasteiger charge is -2.21. The topological polar surface area (TPSA) is 66.5 Å². The summed E-state index contributed by atoms with van der Waals surface area (Å²) in [6.07, 6.45) is 5.02. The van der Waals surface area contributed by atoms with Crippen LogP contribution in [0, 0.1) is 5.82 Å². The molecule has 154 valence electrons. The smallest absolute Gasteiger partial charge is 0.270 e. The molecule has 4 rings (SSSR count). The Balaban J connectivity index is 1.46. The zero-order chi connectivity index (χ0) is 20.4. The first kappa shape index (κ1) is 19.6. The SMILES string of the molecule is CN[C@H]1CCN(c2ccnc(C(=O)NC3(Cc4cc(F)ccc4OC)CC3)c2)C1. The van der Waals surface area contributed by atoms with Crippen molar-refractivity contribution in [2.45, 2.75) is 37.3 Å². The van der Waals surface area contributed by atoms with E-state index in [-0.39, 0.29) is 17.3 Å². The average molecular weight is 398 g/mol. The zero-order valence-corrected chi connectivity index (χ0v) is 16.9. The van der Waals surface area contributed by atoms with E-state index in [1.54, 1.807) is 19.4 Å². The van der Waals surface area contributed by atoms with Gasteiger partial charge in [-0.2, -0.15) is 0 Å². The molecule has 0 radical (unpaired) electrons. The van der Waals surface area contributed by atoms with Gasteiger partial charge in [0.15, 0.2) is 0 Å². The van der Waals surface area contributed by atoms with Crippen LogP contribution in [0.1, 0.15) is 35.3 Å². The van der Waals surface area contributed by atoms with Crippen LogP contribution in [0.15, 0.2) is 36.5 Å². The van der Waals surface area contributed by atoms with E-state index in [1.165, 1.54) is 12.1 Å². The van der Waals surface area contributed by atoms with Gasteiger partial charge in [0.05, 0.1) is 7.11 Å². The van der Waals surface area contributed by atoms with Gasteiger partial charge in [0.2, 0.25) is 0 Å².